The number of pyridine rings is 1. The van der Waals surface area contributed by atoms with E-state index in [-0.39, 0.29) is 0 Å². The summed E-state index contributed by atoms with van der Waals surface area (Å²) in [5.41, 5.74) is 6.52. The lowest BCUT2D eigenvalue weighted by Gasteiger charge is -2.36. The minimum atomic E-state index is 0.575. The van der Waals surface area contributed by atoms with Crippen molar-refractivity contribution in [2.75, 3.05) is 30.3 Å². The number of anilines is 2. The first-order valence-corrected chi connectivity index (χ1v) is 7.26. The number of ether oxygens (including phenoxy) is 1. The second kappa shape index (κ2) is 6.13. The SMILES string of the molecule is CCCOc1nc(N2CCC(C)C(C)C2)ccc1N. The van der Waals surface area contributed by atoms with Crippen molar-refractivity contribution >= 4 is 11.5 Å². The summed E-state index contributed by atoms with van der Waals surface area (Å²) >= 11 is 0. The van der Waals surface area contributed by atoms with Crippen molar-refractivity contribution in [1.82, 2.24) is 4.98 Å². The molecule has 0 bridgehead atoms. The summed E-state index contributed by atoms with van der Waals surface area (Å²) in [5.74, 6) is 3.05. The van der Waals surface area contributed by atoms with E-state index in [1.165, 1.54) is 6.42 Å². The topological polar surface area (TPSA) is 51.4 Å². The molecule has 0 amide bonds. The van der Waals surface area contributed by atoms with Gasteiger partial charge in [-0.3, -0.25) is 0 Å². The molecule has 0 saturated carbocycles. The van der Waals surface area contributed by atoms with Gasteiger partial charge >= 0.3 is 0 Å². The molecule has 1 aromatic rings. The Bertz CT molecular complexity index is 422. The van der Waals surface area contributed by atoms with E-state index in [0.29, 0.717) is 24.1 Å². The predicted molar refractivity (Wildman–Crippen MR) is 79.6 cm³/mol. The highest BCUT2D eigenvalue weighted by Crippen LogP contribution is 2.28. The maximum Gasteiger partial charge on any atom is 0.239 e. The Morgan fingerprint density at radius 3 is 2.84 bits per heavy atom. The van der Waals surface area contributed by atoms with Crippen LogP contribution in [0.15, 0.2) is 12.1 Å². The fourth-order valence-corrected chi connectivity index (χ4v) is 2.40. The van der Waals surface area contributed by atoms with E-state index in [1.807, 2.05) is 12.1 Å². The molecule has 19 heavy (non-hydrogen) atoms. The second-order valence-electron chi connectivity index (χ2n) is 5.60. The molecular weight excluding hydrogens is 238 g/mol. The normalized spacial score (nSPS) is 23.4. The summed E-state index contributed by atoms with van der Waals surface area (Å²) in [6, 6.07) is 3.90. The van der Waals surface area contributed by atoms with Crippen LogP contribution in [0.1, 0.15) is 33.6 Å². The summed E-state index contributed by atoms with van der Waals surface area (Å²) < 4.78 is 5.60. The van der Waals surface area contributed by atoms with Crippen molar-refractivity contribution in [2.45, 2.75) is 33.6 Å². The predicted octanol–water partition coefficient (Wildman–Crippen LogP) is 2.93. The van der Waals surface area contributed by atoms with Crippen LogP contribution in [-0.2, 0) is 0 Å². The Morgan fingerprint density at radius 1 is 1.37 bits per heavy atom. The van der Waals surface area contributed by atoms with Crippen molar-refractivity contribution < 1.29 is 4.74 Å². The lowest BCUT2D eigenvalue weighted by atomic mass is 9.89. The third-order valence-electron chi connectivity index (χ3n) is 3.98. The fourth-order valence-electron chi connectivity index (χ4n) is 2.40. The van der Waals surface area contributed by atoms with Crippen molar-refractivity contribution in [3.63, 3.8) is 0 Å². The molecule has 0 aromatic carbocycles. The highest BCUT2D eigenvalue weighted by atomic mass is 16.5. The van der Waals surface area contributed by atoms with E-state index >= 15 is 0 Å². The Morgan fingerprint density at radius 2 is 2.16 bits per heavy atom. The van der Waals surface area contributed by atoms with Gasteiger partial charge in [-0.2, -0.15) is 4.98 Å². The molecule has 0 radical (unpaired) electrons. The number of hydrogen-bond acceptors (Lipinski definition) is 4. The monoisotopic (exact) mass is 263 g/mol. The van der Waals surface area contributed by atoms with E-state index in [0.717, 1.165) is 31.2 Å². The first-order valence-electron chi connectivity index (χ1n) is 7.26. The maximum atomic E-state index is 5.90. The molecular formula is C15H25N3O. The van der Waals surface area contributed by atoms with Crippen LogP contribution in [0.3, 0.4) is 0 Å². The number of aromatic nitrogens is 1. The van der Waals surface area contributed by atoms with Gasteiger partial charge in [0, 0.05) is 13.1 Å². The number of hydrogen-bond donors (Lipinski definition) is 1. The van der Waals surface area contributed by atoms with Crippen molar-refractivity contribution in [3.8, 4) is 5.88 Å². The molecule has 2 rings (SSSR count). The molecule has 2 heterocycles. The smallest absolute Gasteiger partial charge is 0.239 e. The van der Waals surface area contributed by atoms with Crippen molar-refractivity contribution in [3.05, 3.63) is 12.1 Å². The van der Waals surface area contributed by atoms with Gasteiger partial charge in [-0.15, -0.1) is 0 Å². The van der Waals surface area contributed by atoms with Crippen molar-refractivity contribution in [2.24, 2.45) is 11.8 Å². The molecule has 2 unspecified atom stereocenters. The van der Waals surface area contributed by atoms with Gasteiger partial charge in [-0.05, 0) is 36.8 Å². The third kappa shape index (κ3) is 3.31. The Balaban J connectivity index is 2.11. The third-order valence-corrected chi connectivity index (χ3v) is 3.98. The quantitative estimate of drug-likeness (QED) is 0.907. The molecule has 4 heteroatoms. The second-order valence-corrected chi connectivity index (χ2v) is 5.60. The average Bonchev–Trinajstić information content (AvgIpc) is 2.41. The lowest BCUT2D eigenvalue weighted by molar-refractivity contribution is 0.304. The first kappa shape index (κ1) is 14.0. The molecule has 106 valence electrons. The van der Waals surface area contributed by atoms with E-state index in [9.17, 15) is 0 Å². The van der Waals surface area contributed by atoms with E-state index in [1.54, 1.807) is 0 Å². The molecule has 1 saturated heterocycles. The van der Waals surface area contributed by atoms with Gasteiger partial charge in [-0.25, -0.2) is 0 Å². The van der Waals surface area contributed by atoms with Crippen LogP contribution in [0.25, 0.3) is 0 Å². The van der Waals surface area contributed by atoms with Gasteiger partial charge < -0.3 is 15.4 Å². The van der Waals surface area contributed by atoms with Crippen LogP contribution in [-0.4, -0.2) is 24.7 Å². The first-order chi connectivity index (χ1) is 9.11. The van der Waals surface area contributed by atoms with E-state index in [4.69, 9.17) is 10.5 Å². The maximum absolute atomic E-state index is 5.90. The highest BCUT2D eigenvalue weighted by molar-refractivity contribution is 5.54. The van der Waals surface area contributed by atoms with Crippen LogP contribution < -0.4 is 15.4 Å². The minimum absolute atomic E-state index is 0.575. The van der Waals surface area contributed by atoms with Gasteiger partial charge in [0.05, 0.1) is 12.3 Å². The molecule has 1 aromatic heterocycles. The zero-order chi connectivity index (χ0) is 13.8. The number of piperidine rings is 1. The van der Waals surface area contributed by atoms with E-state index < -0.39 is 0 Å². The molecule has 1 fully saturated rings. The largest absolute Gasteiger partial charge is 0.476 e. The molecule has 0 spiro atoms. The zero-order valence-corrected chi connectivity index (χ0v) is 12.2. The van der Waals surface area contributed by atoms with Crippen LogP contribution >= 0.6 is 0 Å². The number of nitrogens with two attached hydrogens (primary N) is 1. The highest BCUT2D eigenvalue weighted by Gasteiger charge is 2.23. The molecule has 1 aliphatic heterocycles. The van der Waals surface area contributed by atoms with Crippen LogP contribution in [0, 0.1) is 11.8 Å². The Labute approximate surface area is 116 Å². The van der Waals surface area contributed by atoms with Crippen LogP contribution in [0.4, 0.5) is 11.5 Å². The molecule has 0 aliphatic carbocycles. The number of rotatable bonds is 4. The van der Waals surface area contributed by atoms with Gasteiger partial charge in [0.2, 0.25) is 5.88 Å². The van der Waals surface area contributed by atoms with Gasteiger partial charge in [0.25, 0.3) is 0 Å². The fraction of sp³-hybridized carbons (Fsp3) is 0.667. The average molecular weight is 263 g/mol. The minimum Gasteiger partial charge on any atom is -0.476 e. The number of nitrogen functional groups attached to an aromatic ring is 1. The summed E-state index contributed by atoms with van der Waals surface area (Å²) in [4.78, 5) is 6.91. The molecule has 4 nitrogen and oxygen atoms in total. The van der Waals surface area contributed by atoms with Gasteiger partial charge in [0.15, 0.2) is 0 Å². The Kier molecular flexibility index (Phi) is 4.51. The summed E-state index contributed by atoms with van der Waals surface area (Å²) in [7, 11) is 0. The summed E-state index contributed by atoms with van der Waals surface area (Å²) in [6.45, 7) is 9.50. The molecule has 1 aliphatic rings. The van der Waals surface area contributed by atoms with Crippen LogP contribution in [0.5, 0.6) is 5.88 Å². The van der Waals surface area contributed by atoms with E-state index in [2.05, 4.69) is 30.7 Å². The van der Waals surface area contributed by atoms with Gasteiger partial charge in [-0.1, -0.05) is 20.8 Å². The Hall–Kier alpha value is -1.45. The standard InChI is InChI=1S/C15H25N3O/c1-4-9-19-15-13(16)5-6-14(17-15)18-8-7-11(2)12(3)10-18/h5-6,11-12H,4,7-10,16H2,1-3H3. The summed E-state index contributed by atoms with van der Waals surface area (Å²) in [6.07, 6.45) is 2.18. The molecule has 2 N–H and O–H groups in total. The lowest BCUT2D eigenvalue weighted by Crippen LogP contribution is -2.38. The summed E-state index contributed by atoms with van der Waals surface area (Å²) in [5, 5.41) is 0. The molecule has 2 atom stereocenters. The van der Waals surface area contributed by atoms with Crippen LogP contribution in [0.2, 0.25) is 0 Å². The van der Waals surface area contributed by atoms with Gasteiger partial charge in [0.1, 0.15) is 5.82 Å². The zero-order valence-electron chi connectivity index (χ0n) is 12.2. The van der Waals surface area contributed by atoms with Crippen molar-refractivity contribution in [1.29, 1.82) is 0 Å². The number of nitrogens with zero attached hydrogens (tertiary/aromatic N) is 2.